The molecule has 0 heterocycles. The molecule has 1 aromatic carbocycles. The average Bonchev–Trinajstić information content (AvgIpc) is 2.96. The number of nitrogens with one attached hydrogen (secondary N) is 1. The second-order valence-electron chi connectivity index (χ2n) is 6.18. The van der Waals surface area contributed by atoms with Gasteiger partial charge >= 0.3 is 0 Å². The zero-order valence-corrected chi connectivity index (χ0v) is 16.3. The Bertz CT molecular complexity index is 605. The molecule has 3 unspecified atom stereocenters. The van der Waals surface area contributed by atoms with Gasteiger partial charge in [0.2, 0.25) is 9.70 Å². The number of benzene rings is 1. The van der Waals surface area contributed by atoms with Gasteiger partial charge in [-0.1, -0.05) is 102 Å². The van der Waals surface area contributed by atoms with Crippen molar-refractivity contribution in [3.63, 3.8) is 0 Å². The van der Waals surface area contributed by atoms with Crippen molar-refractivity contribution in [2.24, 2.45) is 17.3 Å². The molecule has 0 radical (unpaired) electrons. The predicted octanol–water partition coefficient (Wildman–Crippen LogP) is 5.81. The van der Waals surface area contributed by atoms with E-state index in [1.807, 2.05) is 32.0 Å². The molecule has 2 rings (SSSR count). The van der Waals surface area contributed by atoms with Gasteiger partial charge in [-0.3, -0.25) is 4.79 Å². The molecule has 1 aromatic rings. The minimum absolute atomic E-state index is 0.0423. The summed E-state index contributed by atoms with van der Waals surface area (Å²) in [5.74, 6) is -0.501. The molecular formula is C16H16Cl5NO. The first-order chi connectivity index (χ1) is 10.5. The largest absolute Gasteiger partial charge is 0.345 e. The van der Waals surface area contributed by atoms with Crippen molar-refractivity contribution in [2.45, 2.75) is 23.7 Å². The highest BCUT2D eigenvalue weighted by molar-refractivity contribution is 6.68. The lowest BCUT2D eigenvalue weighted by atomic mass is 10.1. The fourth-order valence-electron chi connectivity index (χ4n) is 2.86. The van der Waals surface area contributed by atoms with E-state index in [1.54, 1.807) is 18.2 Å². The van der Waals surface area contributed by atoms with E-state index in [4.69, 9.17) is 58.0 Å². The number of halogens is 5. The molecule has 2 nitrogen and oxygen atoms in total. The zero-order chi connectivity index (χ0) is 17.4. The van der Waals surface area contributed by atoms with Gasteiger partial charge in [0.15, 0.2) is 0 Å². The standard InChI is InChI=1S/C16H16Cl5NO/c1-15(2)10(8-11(17)18)12(15)14(23)22-13(16(19,20)21)9-6-4-3-5-7-9/h3-8,10,12-13H,1-2H3,(H,22,23). The van der Waals surface area contributed by atoms with E-state index in [-0.39, 0.29) is 27.6 Å². The van der Waals surface area contributed by atoms with E-state index in [2.05, 4.69) is 5.32 Å². The molecule has 7 heteroatoms. The van der Waals surface area contributed by atoms with Crippen LogP contribution in [0.5, 0.6) is 0 Å². The summed E-state index contributed by atoms with van der Waals surface area (Å²) in [6.45, 7) is 3.95. The van der Waals surface area contributed by atoms with Crippen LogP contribution in [0.2, 0.25) is 0 Å². The van der Waals surface area contributed by atoms with E-state index >= 15 is 0 Å². The third kappa shape index (κ3) is 4.49. The lowest BCUT2D eigenvalue weighted by Gasteiger charge is -2.26. The van der Waals surface area contributed by atoms with Crippen LogP contribution >= 0.6 is 58.0 Å². The predicted molar refractivity (Wildman–Crippen MR) is 98.2 cm³/mol. The van der Waals surface area contributed by atoms with Crippen LogP contribution in [0.15, 0.2) is 40.9 Å². The van der Waals surface area contributed by atoms with Crippen LogP contribution in [0.1, 0.15) is 25.5 Å². The van der Waals surface area contributed by atoms with Gasteiger partial charge in [-0.25, -0.2) is 0 Å². The number of alkyl halides is 3. The van der Waals surface area contributed by atoms with Crippen molar-refractivity contribution in [3.8, 4) is 0 Å². The highest BCUT2D eigenvalue weighted by atomic mass is 35.6. The van der Waals surface area contributed by atoms with Crippen molar-refractivity contribution in [3.05, 3.63) is 46.5 Å². The fraction of sp³-hybridized carbons (Fsp3) is 0.438. The van der Waals surface area contributed by atoms with Crippen LogP contribution in [-0.4, -0.2) is 9.70 Å². The fourth-order valence-corrected chi connectivity index (χ4v) is 3.67. The molecule has 0 spiro atoms. The van der Waals surface area contributed by atoms with E-state index in [0.29, 0.717) is 0 Å². The van der Waals surface area contributed by atoms with Gasteiger partial charge in [-0.2, -0.15) is 0 Å². The van der Waals surface area contributed by atoms with Gasteiger partial charge in [0.1, 0.15) is 10.5 Å². The molecule has 1 fully saturated rings. The maximum absolute atomic E-state index is 12.6. The van der Waals surface area contributed by atoms with Gasteiger partial charge in [0.25, 0.3) is 0 Å². The molecule has 1 aliphatic rings. The Morgan fingerprint density at radius 1 is 1.22 bits per heavy atom. The van der Waals surface area contributed by atoms with Crippen LogP contribution in [-0.2, 0) is 4.79 Å². The first-order valence-corrected chi connectivity index (χ1v) is 8.89. The van der Waals surface area contributed by atoms with E-state index < -0.39 is 9.83 Å². The normalized spacial score (nSPS) is 23.8. The van der Waals surface area contributed by atoms with Gasteiger partial charge in [-0.05, 0) is 23.0 Å². The number of rotatable bonds is 4. The molecule has 1 aliphatic carbocycles. The molecule has 0 bridgehead atoms. The topological polar surface area (TPSA) is 29.1 Å². The van der Waals surface area contributed by atoms with Crippen molar-refractivity contribution in [2.75, 3.05) is 0 Å². The molecule has 3 atom stereocenters. The summed E-state index contributed by atoms with van der Waals surface area (Å²) < 4.78 is -1.51. The van der Waals surface area contributed by atoms with Crippen molar-refractivity contribution in [1.82, 2.24) is 5.32 Å². The molecule has 126 valence electrons. The Labute approximate surface area is 161 Å². The van der Waals surface area contributed by atoms with Gasteiger partial charge < -0.3 is 5.32 Å². The Hall–Kier alpha value is -0.120. The second kappa shape index (κ2) is 7.01. The smallest absolute Gasteiger partial charge is 0.224 e. The van der Waals surface area contributed by atoms with Crippen molar-refractivity contribution in [1.29, 1.82) is 0 Å². The summed E-state index contributed by atoms with van der Waals surface area (Å²) in [7, 11) is 0. The summed E-state index contributed by atoms with van der Waals surface area (Å²) in [5, 5.41) is 2.84. The molecular weight excluding hydrogens is 399 g/mol. The Morgan fingerprint density at radius 3 is 2.26 bits per heavy atom. The number of amides is 1. The number of carbonyl (C=O) groups is 1. The van der Waals surface area contributed by atoms with E-state index in [0.717, 1.165) is 5.56 Å². The third-order valence-electron chi connectivity index (χ3n) is 4.25. The Kier molecular flexibility index (Phi) is 5.86. The second-order valence-corrected chi connectivity index (χ2v) is 9.55. The number of carbonyl (C=O) groups excluding carboxylic acids is 1. The molecule has 1 saturated carbocycles. The highest BCUT2D eigenvalue weighted by Crippen LogP contribution is 2.60. The zero-order valence-electron chi connectivity index (χ0n) is 12.5. The average molecular weight is 416 g/mol. The molecule has 23 heavy (non-hydrogen) atoms. The van der Waals surface area contributed by atoms with Crippen LogP contribution in [0.3, 0.4) is 0 Å². The Balaban J connectivity index is 2.19. The summed E-state index contributed by atoms with van der Waals surface area (Å²) in [6.07, 6.45) is 1.68. The van der Waals surface area contributed by atoms with Crippen LogP contribution in [0.4, 0.5) is 0 Å². The van der Waals surface area contributed by atoms with Crippen LogP contribution in [0.25, 0.3) is 0 Å². The SMILES string of the molecule is CC1(C)C(C=C(Cl)Cl)C1C(=O)NC(c1ccccc1)C(Cl)(Cl)Cl. The van der Waals surface area contributed by atoms with Gasteiger partial charge in [0, 0.05) is 0 Å². The lowest BCUT2D eigenvalue weighted by molar-refractivity contribution is -0.123. The summed E-state index contributed by atoms with van der Waals surface area (Å²) in [4.78, 5) is 12.6. The van der Waals surface area contributed by atoms with Crippen LogP contribution in [0, 0.1) is 17.3 Å². The molecule has 0 saturated heterocycles. The van der Waals surface area contributed by atoms with E-state index in [1.165, 1.54) is 0 Å². The first-order valence-electron chi connectivity index (χ1n) is 7.00. The first kappa shape index (κ1) is 19.2. The minimum Gasteiger partial charge on any atom is -0.345 e. The monoisotopic (exact) mass is 413 g/mol. The third-order valence-corrected chi connectivity index (χ3v) is 5.15. The minimum atomic E-state index is -1.66. The van der Waals surface area contributed by atoms with Gasteiger partial charge in [-0.15, -0.1) is 0 Å². The quantitative estimate of drug-likeness (QED) is 0.618. The molecule has 1 amide bonds. The molecule has 0 aromatic heterocycles. The number of hydrogen-bond donors (Lipinski definition) is 1. The summed E-state index contributed by atoms with van der Waals surface area (Å²) in [5.41, 5.74) is 0.482. The maximum Gasteiger partial charge on any atom is 0.224 e. The molecule has 0 aliphatic heterocycles. The number of hydrogen-bond acceptors (Lipinski definition) is 1. The number of allylic oxidation sites excluding steroid dienone is 1. The molecule has 1 N–H and O–H groups in total. The van der Waals surface area contributed by atoms with Crippen molar-refractivity contribution >= 4 is 63.9 Å². The maximum atomic E-state index is 12.6. The van der Waals surface area contributed by atoms with Gasteiger partial charge in [0.05, 0.1) is 5.92 Å². The lowest BCUT2D eigenvalue weighted by Crippen LogP contribution is -2.38. The van der Waals surface area contributed by atoms with Crippen molar-refractivity contribution < 1.29 is 4.79 Å². The summed E-state index contributed by atoms with van der Waals surface area (Å²) >= 11 is 29.6. The Morgan fingerprint density at radius 2 is 1.78 bits per heavy atom. The van der Waals surface area contributed by atoms with E-state index in [9.17, 15) is 4.79 Å². The van der Waals surface area contributed by atoms with Crippen LogP contribution < -0.4 is 5.32 Å². The summed E-state index contributed by atoms with van der Waals surface area (Å²) in [6, 6.07) is 8.37. The highest BCUT2D eigenvalue weighted by Gasteiger charge is 2.61.